The third-order valence-electron chi connectivity index (χ3n) is 7.63. The fraction of sp³-hybridized carbons (Fsp3) is 0.542. The van der Waals surface area contributed by atoms with Crippen LogP contribution in [0.4, 0.5) is 38.0 Å². The van der Waals surface area contributed by atoms with E-state index in [-0.39, 0.29) is 65.9 Å². The van der Waals surface area contributed by atoms with E-state index in [1.165, 1.54) is 23.1 Å². The molecule has 238 valence electrons. The number of halogens is 6. The van der Waals surface area contributed by atoms with Crippen LogP contribution in [0.2, 0.25) is 0 Å². The lowest BCUT2D eigenvalue weighted by Gasteiger charge is -2.47. The molecule has 0 unspecified atom stereocenters. The second-order valence-corrected chi connectivity index (χ2v) is 13.1. The molecule has 2 aliphatic heterocycles. The van der Waals surface area contributed by atoms with Crippen molar-refractivity contribution < 1.29 is 44.7 Å². The van der Waals surface area contributed by atoms with Crippen LogP contribution in [0.15, 0.2) is 40.4 Å². The summed E-state index contributed by atoms with van der Waals surface area (Å²) < 4.78 is 109. The number of piperazine rings is 2. The number of nitrogens with two attached hydrogens (primary N) is 1. The van der Waals surface area contributed by atoms with E-state index in [4.69, 9.17) is 5.73 Å². The van der Waals surface area contributed by atoms with Crippen molar-refractivity contribution >= 4 is 40.2 Å². The lowest BCUT2D eigenvalue weighted by atomic mass is 9.95. The third-order valence-corrected chi connectivity index (χ3v) is 10.1. The molecule has 2 fully saturated rings. The second-order valence-electron chi connectivity index (χ2n) is 10.7. The molecule has 4 rings (SSSR count). The van der Waals surface area contributed by atoms with Crippen molar-refractivity contribution in [3.05, 3.63) is 36.2 Å². The number of nitrogens with one attached hydrogen (secondary N) is 1. The normalized spacial score (nSPS) is 21.1. The number of hydrogen-bond acceptors (Lipinski definition) is 10. The van der Waals surface area contributed by atoms with Gasteiger partial charge in [0.05, 0.1) is 16.5 Å². The highest BCUT2D eigenvalue weighted by Gasteiger charge is 2.71. The van der Waals surface area contributed by atoms with Crippen molar-refractivity contribution in [2.45, 2.75) is 53.2 Å². The van der Waals surface area contributed by atoms with E-state index >= 15 is 0 Å². The zero-order valence-electron chi connectivity index (χ0n) is 22.8. The molecule has 1 amide bonds. The molecule has 0 radical (unpaired) electrons. The summed E-state index contributed by atoms with van der Waals surface area (Å²) in [7, 11) is -4.16. The number of carbonyl (C=O) groups excluding carboxylic acids is 1. The molecular formula is C24H29F6N7O4S2. The number of rotatable bonds is 6. The summed E-state index contributed by atoms with van der Waals surface area (Å²) in [5.41, 5.74) is -1.90. The van der Waals surface area contributed by atoms with Gasteiger partial charge in [-0.2, -0.15) is 30.6 Å². The number of carbonyl (C=O) groups is 1. The van der Waals surface area contributed by atoms with Gasteiger partial charge in [0.2, 0.25) is 21.9 Å². The Kier molecular flexibility index (Phi) is 8.64. The van der Waals surface area contributed by atoms with Crippen LogP contribution in [0.25, 0.3) is 0 Å². The molecule has 4 N–H and O–H groups in total. The second kappa shape index (κ2) is 11.2. The highest BCUT2D eigenvalue weighted by Crippen LogP contribution is 2.49. The topological polar surface area (TPSA) is 145 Å². The first-order chi connectivity index (χ1) is 19.7. The van der Waals surface area contributed by atoms with E-state index in [0.29, 0.717) is 13.1 Å². The van der Waals surface area contributed by atoms with Crippen molar-refractivity contribution in [3.8, 4) is 0 Å². The number of nitrogens with zero attached hydrogens (tertiary/aromatic N) is 5. The fourth-order valence-corrected chi connectivity index (χ4v) is 7.07. The summed E-state index contributed by atoms with van der Waals surface area (Å²) >= 11 is 4.24. The molecule has 0 spiro atoms. The monoisotopic (exact) mass is 657 g/mol. The van der Waals surface area contributed by atoms with Crippen molar-refractivity contribution in [2.24, 2.45) is 0 Å². The Hall–Kier alpha value is -2.87. The molecule has 1 aromatic carbocycles. The van der Waals surface area contributed by atoms with Crippen LogP contribution in [0.5, 0.6) is 0 Å². The molecule has 2 aromatic rings. The molecule has 1 atom stereocenters. The number of aliphatic hydroxyl groups is 1. The lowest BCUT2D eigenvalue weighted by molar-refractivity contribution is -0.376. The maximum atomic E-state index is 13.6. The quantitative estimate of drug-likeness (QED) is 0.208. The van der Waals surface area contributed by atoms with Gasteiger partial charge in [0.25, 0.3) is 5.60 Å². The van der Waals surface area contributed by atoms with E-state index in [0.717, 1.165) is 4.31 Å². The zero-order chi connectivity index (χ0) is 32.2. The number of alkyl halides is 6. The molecule has 19 heteroatoms. The number of hydrogen-bond donors (Lipinski definition) is 4. The van der Waals surface area contributed by atoms with Crippen LogP contribution >= 0.6 is 12.6 Å². The average molecular weight is 658 g/mol. The van der Waals surface area contributed by atoms with E-state index in [1.54, 1.807) is 18.7 Å². The minimum Gasteiger partial charge on any atom is -0.399 e. The number of aromatic nitrogens is 2. The average Bonchev–Trinajstić information content (AvgIpc) is 2.91. The SMILES string of the molecule is CC1(C)C(=O)NCCN1C[C@H]1CN(S(=O)(=O)c2cc(N)ccc2S)CCN1c1ncc(C(O)(C(F)(F)F)C(F)(F)F)cn1. The minimum atomic E-state index is -6.12. The van der Waals surface area contributed by atoms with Crippen molar-refractivity contribution in [2.75, 3.05) is 49.9 Å². The van der Waals surface area contributed by atoms with Gasteiger partial charge >= 0.3 is 12.4 Å². The highest BCUT2D eigenvalue weighted by molar-refractivity contribution is 7.90. The largest absolute Gasteiger partial charge is 0.430 e. The molecule has 3 heterocycles. The first kappa shape index (κ1) is 33.0. The number of benzene rings is 1. The van der Waals surface area contributed by atoms with Crippen molar-refractivity contribution in [3.63, 3.8) is 0 Å². The number of amides is 1. The van der Waals surface area contributed by atoms with Crippen LogP contribution in [-0.4, -0.2) is 102 Å². The molecule has 0 aliphatic carbocycles. The lowest BCUT2D eigenvalue weighted by Crippen LogP contribution is -2.66. The van der Waals surface area contributed by atoms with Gasteiger partial charge in [-0.3, -0.25) is 9.69 Å². The van der Waals surface area contributed by atoms with Crippen LogP contribution in [-0.2, 0) is 20.4 Å². The molecule has 43 heavy (non-hydrogen) atoms. The molecule has 11 nitrogen and oxygen atoms in total. The summed E-state index contributed by atoms with van der Waals surface area (Å²) in [4.78, 5) is 23.2. The summed E-state index contributed by atoms with van der Waals surface area (Å²) in [6.45, 7) is 3.54. The van der Waals surface area contributed by atoms with E-state index < -0.39 is 45.1 Å². The number of anilines is 2. The van der Waals surface area contributed by atoms with E-state index in [2.05, 4.69) is 27.9 Å². The van der Waals surface area contributed by atoms with Crippen molar-refractivity contribution in [1.82, 2.24) is 24.5 Å². The third kappa shape index (κ3) is 5.96. The van der Waals surface area contributed by atoms with Gasteiger partial charge < -0.3 is 21.1 Å². The maximum absolute atomic E-state index is 13.6. The van der Waals surface area contributed by atoms with Gasteiger partial charge in [0.1, 0.15) is 0 Å². The summed E-state index contributed by atoms with van der Waals surface area (Å²) in [6, 6.07) is 3.34. The van der Waals surface area contributed by atoms with Gasteiger partial charge in [-0.25, -0.2) is 18.4 Å². The Morgan fingerprint density at radius 1 is 1.09 bits per heavy atom. The van der Waals surface area contributed by atoms with Crippen LogP contribution in [0.1, 0.15) is 19.4 Å². The molecule has 0 saturated carbocycles. The fourth-order valence-electron chi connectivity index (χ4n) is 5.00. The van der Waals surface area contributed by atoms with Gasteiger partial charge in [0.15, 0.2) is 0 Å². The number of sulfonamides is 1. The first-order valence-electron chi connectivity index (χ1n) is 12.8. The number of thiol groups is 1. The summed E-state index contributed by atoms with van der Waals surface area (Å²) in [6.07, 6.45) is -11.8. The van der Waals surface area contributed by atoms with Gasteiger partial charge in [-0.05, 0) is 32.0 Å². The van der Waals surface area contributed by atoms with E-state index in [9.17, 15) is 44.7 Å². The Bertz CT molecular complexity index is 1460. The van der Waals surface area contributed by atoms with Gasteiger partial charge in [0, 0.05) is 67.8 Å². The standard InChI is InChI=1S/C24H29F6N7O4S2/c1-21(2)19(38)32-5-6-35(21)12-16-13-36(43(40,41)18-9-15(31)3-4-17(18)42)7-8-37(16)20-33-10-14(11-34-20)22(39,23(25,26)27)24(28,29)30/h3-4,9-11,16,39,42H,5-8,12-13,31H2,1-2H3,(H,32,38)/t16-/m0/s1. The van der Waals surface area contributed by atoms with Crippen LogP contribution in [0, 0.1) is 0 Å². The Morgan fingerprint density at radius 2 is 1.70 bits per heavy atom. The molecular weight excluding hydrogens is 628 g/mol. The first-order valence-corrected chi connectivity index (χ1v) is 14.7. The van der Waals surface area contributed by atoms with Gasteiger partial charge in [-0.15, -0.1) is 12.6 Å². The molecule has 2 aliphatic rings. The predicted octanol–water partition coefficient (Wildman–Crippen LogP) is 1.75. The Balaban J connectivity index is 1.71. The minimum absolute atomic E-state index is 0.0528. The smallest absolute Gasteiger partial charge is 0.399 e. The Morgan fingerprint density at radius 3 is 2.28 bits per heavy atom. The molecule has 0 bridgehead atoms. The van der Waals surface area contributed by atoms with Crippen LogP contribution in [0.3, 0.4) is 0 Å². The van der Waals surface area contributed by atoms with Crippen LogP contribution < -0.4 is 16.0 Å². The maximum Gasteiger partial charge on any atom is 0.430 e. The highest BCUT2D eigenvalue weighted by atomic mass is 32.2. The molecule has 1 aromatic heterocycles. The van der Waals surface area contributed by atoms with Gasteiger partial charge in [-0.1, -0.05) is 0 Å². The number of nitrogen functional groups attached to an aromatic ring is 1. The predicted molar refractivity (Wildman–Crippen MR) is 145 cm³/mol. The zero-order valence-corrected chi connectivity index (χ0v) is 24.5. The summed E-state index contributed by atoms with van der Waals surface area (Å²) in [5.74, 6) is -0.583. The van der Waals surface area contributed by atoms with Crippen molar-refractivity contribution in [1.29, 1.82) is 0 Å². The van der Waals surface area contributed by atoms with E-state index in [1.807, 2.05) is 0 Å². The Labute approximate surface area is 248 Å². The molecule has 2 saturated heterocycles. The summed E-state index contributed by atoms with van der Waals surface area (Å²) in [5, 5.41) is 12.4.